The Labute approximate surface area is 134 Å². The summed E-state index contributed by atoms with van der Waals surface area (Å²) in [6.07, 6.45) is 2.61. The molecule has 1 aromatic carbocycles. The van der Waals surface area contributed by atoms with E-state index < -0.39 is 9.84 Å². The molecule has 0 spiro atoms. The van der Waals surface area contributed by atoms with Gasteiger partial charge < -0.3 is 5.32 Å². The number of nitrogens with zero attached hydrogens (tertiary/aromatic N) is 2. The van der Waals surface area contributed by atoms with Crippen molar-refractivity contribution in [1.29, 1.82) is 5.26 Å². The quantitative estimate of drug-likeness (QED) is 0.927. The number of rotatable bonds is 4. The minimum atomic E-state index is -3.20. The van der Waals surface area contributed by atoms with Crippen molar-refractivity contribution >= 4 is 27.3 Å². The Morgan fingerprint density at radius 1 is 1.32 bits per heavy atom. The zero-order valence-electron chi connectivity index (χ0n) is 12.0. The Hall–Kier alpha value is -2.10. The van der Waals surface area contributed by atoms with Crippen molar-refractivity contribution in [1.82, 2.24) is 4.98 Å². The Bertz CT molecular complexity index is 827. The molecule has 2 aromatic rings. The van der Waals surface area contributed by atoms with Gasteiger partial charge in [-0.3, -0.25) is 0 Å². The van der Waals surface area contributed by atoms with Crippen LogP contribution in [0.3, 0.4) is 0 Å². The highest BCUT2D eigenvalue weighted by molar-refractivity contribution is 7.90. The van der Waals surface area contributed by atoms with Crippen LogP contribution in [0.15, 0.2) is 41.4 Å². The summed E-state index contributed by atoms with van der Waals surface area (Å²) in [7, 11) is -3.20. The number of hydrogen-bond donors (Lipinski definition) is 1. The van der Waals surface area contributed by atoms with Crippen LogP contribution in [-0.4, -0.2) is 19.7 Å². The van der Waals surface area contributed by atoms with Gasteiger partial charge in [-0.25, -0.2) is 13.4 Å². The number of hydrogen-bond acceptors (Lipinski definition) is 5. The SMILES string of the molecule is CC(Nc1ncc(C#N)cc1Cl)c1ccc(S(C)(=O)=O)cc1. The smallest absolute Gasteiger partial charge is 0.175 e. The van der Waals surface area contributed by atoms with Gasteiger partial charge in [0.15, 0.2) is 9.84 Å². The van der Waals surface area contributed by atoms with E-state index in [4.69, 9.17) is 16.9 Å². The molecule has 5 nitrogen and oxygen atoms in total. The fourth-order valence-corrected chi connectivity index (χ4v) is 2.75. The van der Waals surface area contributed by atoms with Gasteiger partial charge in [0.25, 0.3) is 0 Å². The van der Waals surface area contributed by atoms with E-state index in [0.29, 0.717) is 16.4 Å². The zero-order chi connectivity index (χ0) is 16.3. The molecule has 114 valence electrons. The number of benzene rings is 1. The Morgan fingerprint density at radius 2 is 1.95 bits per heavy atom. The summed E-state index contributed by atoms with van der Waals surface area (Å²) in [5, 5.41) is 12.3. The van der Waals surface area contributed by atoms with Crippen LogP contribution < -0.4 is 5.32 Å². The summed E-state index contributed by atoms with van der Waals surface area (Å²) < 4.78 is 22.9. The molecular weight excluding hydrogens is 322 g/mol. The van der Waals surface area contributed by atoms with Crippen molar-refractivity contribution in [3.63, 3.8) is 0 Å². The first-order valence-corrected chi connectivity index (χ1v) is 8.70. The van der Waals surface area contributed by atoms with Crippen LogP contribution in [0, 0.1) is 11.3 Å². The predicted octanol–water partition coefficient (Wildman–Crippen LogP) is 3.18. The normalized spacial score (nSPS) is 12.5. The molecule has 0 bridgehead atoms. The van der Waals surface area contributed by atoms with Gasteiger partial charge in [0.05, 0.1) is 15.5 Å². The van der Waals surface area contributed by atoms with Crippen molar-refractivity contribution in [2.24, 2.45) is 0 Å². The van der Waals surface area contributed by atoms with E-state index in [0.717, 1.165) is 5.56 Å². The summed E-state index contributed by atoms with van der Waals surface area (Å²) in [6, 6.07) is 10.0. The molecule has 0 aliphatic carbocycles. The third-order valence-corrected chi connectivity index (χ3v) is 4.55. The van der Waals surface area contributed by atoms with E-state index in [1.807, 2.05) is 13.0 Å². The highest BCUT2D eigenvalue weighted by Gasteiger charge is 2.11. The fourth-order valence-electron chi connectivity index (χ4n) is 1.90. The van der Waals surface area contributed by atoms with Crippen molar-refractivity contribution in [3.8, 4) is 6.07 Å². The van der Waals surface area contributed by atoms with Crippen LogP contribution in [0.2, 0.25) is 5.02 Å². The topological polar surface area (TPSA) is 82.8 Å². The number of nitriles is 1. The molecule has 0 saturated heterocycles. The van der Waals surface area contributed by atoms with Crippen LogP contribution in [0.5, 0.6) is 0 Å². The number of halogens is 1. The highest BCUT2D eigenvalue weighted by atomic mass is 35.5. The van der Waals surface area contributed by atoms with E-state index >= 15 is 0 Å². The first-order chi connectivity index (χ1) is 10.3. The van der Waals surface area contributed by atoms with E-state index in [2.05, 4.69) is 10.3 Å². The maximum absolute atomic E-state index is 11.4. The summed E-state index contributed by atoms with van der Waals surface area (Å²) in [4.78, 5) is 4.39. The Kier molecular flexibility index (Phi) is 4.69. The van der Waals surface area contributed by atoms with Crippen LogP contribution in [-0.2, 0) is 9.84 Å². The molecule has 0 amide bonds. The van der Waals surface area contributed by atoms with Gasteiger partial charge in [0.2, 0.25) is 0 Å². The lowest BCUT2D eigenvalue weighted by atomic mass is 10.1. The summed E-state index contributed by atoms with van der Waals surface area (Å²) in [5.74, 6) is 0.473. The van der Waals surface area contributed by atoms with E-state index in [-0.39, 0.29) is 10.9 Å². The largest absolute Gasteiger partial charge is 0.362 e. The molecule has 0 saturated carbocycles. The number of nitrogens with one attached hydrogen (secondary N) is 1. The molecule has 0 radical (unpaired) electrons. The number of anilines is 1. The van der Waals surface area contributed by atoms with Gasteiger partial charge in [-0.15, -0.1) is 0 Å². The maximum Gasteiger partial charge on any atom is 0.175 e. The lowest BCUT2D eigenvalue weighted by molar-refractivity contribution is 0.602. The molecule has 22 heavy (non-hydrogen) atoms. The van der Waals surface area contributed by atoms with Gasteiger partial charge in [-0.1, -0.05) is 23.7 Å². The van der Waals surface area contributed by atoms with Crippen LogP contribution in [0.4, 0.5) is 5.82 Å². The molecule has 0 aliphatic heterocycles. The number of sulfone groups is 1. The molecule has 1 atom stereocenters. The summed E-state index contributed by atoms with van der Waals surface area (Å²) >= 11 is 6.07. The Morgan fingerprint density at radius 3 is 2.45 bits per heavy atom. The Balaban J connectivity index is 2.19. The van der Waals surface area contributed by atoms with Crippen LogP contribution in [0.25, 0.3) is 0 Å². The predicted molar refractivity (Wildman–Crippen MR) is 85.6 cm³/mol. The molecule has 1 heterocycles. The van der Waals surface area contributed by atoms with E-state index in [1.54, 1.807) is 24.3 Å². The average molecular weight is 336 g/mol. The van der Waals surface area contributed by atoms with Gasteiger partial charge in [0, 0.05) is 18.5 Å². The second kappa shape index (κ2) is 6.34. The molecule has 1 unspecified atom stereocenters. The lowest BCUT2D eigenvalue weighted by Gasteiger charge is -2.16. The van der Waals surface area contributed by atoms with Gasteiger partial charge >= 0.3 is 0 Å². The number of pyridine rings is 1. The van der Waals surface area contributed by atoms with Gasteiger partial charge in [-0.2, -0.15) is 5.26 Å². The summed E-state index contributed by atoms with van der Waals surface area (Å²) in [5.41, 5.74) is 1.29. The van der Waals surface area contributed by atoms with Crippen molar-refractivity contribution < 1.29 is 8.42 Å². The number of aromatic nitrogens is 1. The standard InChI is InChI=1S/C15H14ClN3O2S/c1-10(12-3-5-13(6-4-12)22(2,20)21)19-15-14(16)7-11(8-17)9-18-15/h3-7,9-10H,1-2H3,(H,18,19). The minimum absolute atomic E-state index is 0.119. The molecule has 0 aliphatic rings. The second-order valence-electron chi connectivity index (χ2n) is 4.87. The van der Waals surface area contributed by atoms with E-state index in [1.165, 1.54) is 18.5 Å². The van der Waals surface area contributed by atoms with Crippen molar-refractivity contribution in [2.45, 2.75) is 17.9 Å². The molecular formula is C15H14ClN3O2S. The highest BCUT2D eigenvalue weighted by Crippen LogP contribution is 2.25. The van der Waals surface area contributed by atoms with Crippen LogP contribution >= 0.6 is 11.6 Å². The zero-order valence-corrected chi connectivity index (χ0v) is 13.6. The van der Waals surface area contributed by atoms with Crippen molar-refractivity contribution in [2.75, 3.05) is 11.6 Å². The van der Waals surface area contributed by atoms with Gasteiger partial charge in [0.1, 0.15) is 11.9 Å². The molecule has 1 aromatic heterocycles. The first kappa shape index (κ1) is 16.3. The third kappa shape index (κ3) is 3.75. The van der Waals surface area contributed by atoms with E-state index in [9.17, 15) is 8.42 Å². The monoisotopic (exact) mass is 335 g/mol. The molecule has 2 rings (SSSR count). The molecule has 7 heteroatoms. The lowest BCUT2D eigenvalue weighted by Crippen LogP contribution is -2.09. The maximum atomic E-state index is 11.4. The minimum Gasteiger partial charge on any atom is -0.362 e. The third-order valence-electron chi connectivity index (χ3n) is 3.13. The van der Waals surface area contributed by atoms with Crippen LogP contribution in [0.1, 0.15) is 24.1 Å². The molecule has 0 fully saturated rings. The molecule has 1 N–H and O–H groups in total. The first-order valence-electron chi connectivity index (χ1n) is 6.43. The summed E-state index contributed by atoms with van der Waals surface area (Å²) in [6.45, 7) is 1.91. The average Bonchev–Trinajstić information content (AvgIpc) is 2.48. The van der Waals surface area contributed by atoms with Crippen molar-refractivity contribution in [3.05, 3.63) is 52.7 Å². The second-order valence-corrected chi connectivity index (χ2v) is 7.30. The fraction of sp³-hybridized carbons (Fsp3) is 0.200. The van der Waals surface area contributed by atoms with Gasteiger partial charge in [-0.05, 0) is 30.7 Å².